The van der Waals surface area contributed by atoms with E-state index in [1.807, 2.05) is 30.3 Å². The second kappa shape index (κ2) is 9.87. The average Bonchev–Trinajstić information content (AvgIpc) is 3.09. The Hall–Kier alpha value is -2.72. The standard InChI is InChI=1S/C24H20ClN3O3S3/c1-24(2,3)34-23-26-19(25)18(33-23)13-17-20(29)27-22(32)28(21(17)30)14-9-11-16(12-10-14)31-15-7-5-4-6-8-15/h4-13H,1-3H3,(H,27,29,32). The van der Waals surface area contributed by atoms with Crippen LogP contribution in [0.2, 0.25) is 5.15 Å². The van der Waals surface area contributed by atoms with Gasteiger partial charge < -0.3 is 4.74 Å². The van der Waals surface area contributed by atoms with Gasteiger partial charge in [-0.2, -0.15) is 0 Å². The predicted molar refractivity (Wildman–Crippen MR) is 142 cm³/mol. The van der Waals surface area contributed by atoms with Gasteiger partial charge in [-0.15, -0.1) is 11.3 Å². The molecule has 0 bridgehead atoms. The van der Waals surface area contributed by atoms with Crippen molar-refractivity contribution >= 4 is 75.6 Å². The van der Waals surface area contributed by atoms with Crippen molar-refractivity contribution in [3.8, 4) is 11.5 Å². The Balaban J connectivity index is 1.59. The molecule has 1 N–H and O–H groups in total. The van der Waals surface area contributed by atoms with Gasteiger partial charge in [-0.3, -0.25) is 19.8 Å². The minimum Gasteiger partial charge on any atom is -0.457 e. The van der Waals surface area contributed by atoms with E-state index >= 15 is 0 Å². The zero-order valence-electron chi connectivity index (χ0n) is 18.5. The van der Waals surface area contributed by atoms with Crippen LogP contribution in [0.1, 0.15) is 25.6 Å². The molecule has 4 rings (SSSR count). The van der Waals surface area contributed by atoms with E-state index in [2.05, 4.69) is 31.1 Å². The summed E-state index contributed by atoms with van der Waals surface area (Å²) >= 11 is 14.5. The van der Waals surface area contributed by atoms with Crippen molar-refractivity contribution in [1.82, 2.24) is 10.3 Å². The van der Waals surface area contributed by atoms with Crippen molar-refractivity contribution in [1.29, 1.82) is 0 Å². The summed E-state index contributed by atoms with van der Waals surface area (Å²) in [5.41, 5.74) is 0.428. The summed E-state index contributed by atoms with van der Waals surface area (Å²) in [6, 6.07) is 16.2. The van der Waals surface area contributed by atoms with Crippen LogP contribution in [-0.2, 0) is 9.59 Å². The lowest BCUT2D eigenvalue weighted by atomic mass is 10.1. The van der Waals surface area contributed by atoms with Crippen molar-refractivity contribution in [3.05, 3.63) is 70.2 Å². The average molecular weight is 530 g/mol. The third-order valence-corrected chi connectivity index (χ3v) is 7.29. The molecule has 1 aromatic heterocycles. The molecule has 0 aliphatic carbocycles. The number of nitrogens with one attached hydrogen (secondary N) is 1. The van der Waals surface area contributed by atoms with Crippen LogP contribution in [-0.4, -0.2) is 26.7 Å². The van der Waals surface area contributed by atoms with Gasteiger partial charge in [0.05, 0.1) is 10.6 Å². The number of amides is 2. The monoisotopic (exact) mass is 529 g/mol. The lowest BCUT2D eigenvalue weighted by Gasteiger charge is -2.28. The molecular formula is C24H20ClN3O3S3. The predicted octanol–water partition coefficient (Wildman–Crippen LogP) is 6.31. The minimum absolute atomic E-state index is 0.00302. The topological polar surface area (TPSA) is 71.5 Å². The van der Waals surface area contributed by atoms with E-state index in [1.165, 1.54) is 22.3 Å². The Morgan fingerprint density at radius 1 is 1.09 bits per heavy atom. The number of halogens is 1. The highest BCUT2D eigenvalue weighted by molar-refractivity contribution is 8.02. The fourth-order valence-corrected chi connectivity index (χ4v) is 6.11. The van der Waals surface area contributed by atoms with Crippen molar-refractivity contribution < 1.29 is 14.3 Å². The van der Waals surface area contributed by atoms with Crippen LogP contribution in [0.3, 0.4) is 0 Å². The molecule has 1 saturated heterocycles. The molecule has 1 fully saturated rings. The van der Waals surface area contributed by atoms with Gasteiger partial charge in [0.1, 0.15) is 22.2 Å². The number of anilines is 1. The van der Waals surface area contributed by atoms with E-state index in [0.29, 0.717) is 22.1 Å². The van der Waals surface area contributed by atoms with Gasteiger partial charge in [0, 0.05) is 4.75 Å². The second-order valence-corrected chi connectivity index (χ2v) is 12.1. The van der Waals surface area contributed by atoms with Crippen LogP contribution in [0, 0.1) is 0 Å². The highest BCUT2D eigenvalue weighted by Gasteiger charge is 2.35. The maximum Gasteiger partial charge on any atom is 0.270 e. The molecule has 3 aromatic rings. The first kappa shape index (κ1) is 24.4. The van der Waals surface area contributed by atoms with Crippen molar-refractivity contribution in [2.24, 2.45) is 0 Å². The van der Waals surface area contributed by atoms with E-state index in [1.54, 1.807) is 36.0 Å². The first-order valence-electron chi connectivity index (χ1n) is 10.2. The fraction of sp³-hybridized carbons (Fsp3) is 0.167. The lowest BCUT2D eigenvalue weighted by molar-refractivity contribution is -0.122. The molecule has 2 aromatic carbocycles. The molecule has 0 unspecified atom stereocenters. The third kappa shape index (κ3) is 5.67. The molecule has 0 radical (unpaired) electrons. The Kier molecular flexibility index (Phi) is 7.09. The van der Waals surface area contributed by atoms with Crippen LogP contribution in [0.4, 0.5) is 5.69 Å². The Morgan fingerprint density at radius 2 is 1.74 bits per heavy atom. The van der Waals surface area contributed by atoms with E-state index in [4.69, 9.17) is 28.6 Å². The summed E-state index contributed by atoms with van der Waals surface area (Å²) in [5, 5.41) is 2.83. The van der Waals surface area contributed by atoms with Crippen LogP contribution in [0.15, 0.2) is 64.5 Å². The summed E-state index contributed by atoms with van der Waals surface area (Å²) in [5.74, 6) is 0.179. The normalized spacial score (nSPS) is 15.6. The minimum atomic E-state index is -0.579. The number of carbonyl (C=O) groups is 2. The van der Waals surface area contributed by atoms with Crippen molar-refractivity contribution in [2.75, 3.05) is 4.90 Å². The van der Waals surface area contributed by atoms with Gasteiger partial charge in [-0.1, -0.05) is 62.3 Å². The zero-order chi connectivity index (χ0) is 24.5. The molecule has 34 heavy (non-hydrogen) atoms. The number of hydrogen-bond acceptors (Lipinski definition) is 7. The number of benzene rings is 2. The van der Waals surface area contributed by atoms with Gasteiger partial charge in [-0.05, 0) is 54.7 Å². The number of thiocarbonyl (C=S) groups is 1. The van der Waals surface area contributed by atoms with Gasteiger partial charge in [0.2, 0.25) is 0 Å². The molecule has 0 saturated carbocycles. The maximum atomic E-state index is 13.3. The van der Waals surface area contributed by atoms with Crippen LogP contribution in [0.25, 0.3) is 6.08 Å². The quantitative estimate of drug-likeness (QED) is 0.181. The summed E-state index contributed by atoms with van der Waals surface area (Å²) < 4.78 is 6.51. The van der Waals surface area contributed by atoms with Crippen LogP contribution >= 0.6 is 46.9 Å². The summed E-state index contributed by atoms with van der Waals surface area (Å²) in [6.45, 7) is 6.20. The van der Waals surface area contributed by atoms with E-state index in [9.17, 15) is 9.59 Å². The first-order valence-corrected chi connectivity index (χ1v) is 12.6. The summed E-state index contributed by atoms with van der Waals surface area (Å²) in [4.78, 5) is 32.0. The van der Waals surface area contributed by atoms with E-state index in [0.717, 1.165) is 4.34 Å². The number of carbonyl (C=O) groups excluding carboxylic acids is 2. The maximum absolute atomic E-state index is 13.3. The van der Waals surface area contributed by atoms with E-state index < -0.39 is 11.8 Å². The number of nitrogens with zero attached hydrogens (tertiary/aromatic N) is 2. The summed E-state index contributed by atoms with van der Waals surface area (Å²) in [7, 11) is 0. The molecule has 6 nitrogen and oxygen atoms in total. The second-order valence-electron chi connectivity index (χ2n) is 8.22. The van der Waals surface area contributed by atoms with Crippen molar-refractivity contribution in [2.45, 2.75) is 29.9 Å². The number of para-hydroxylation sites is 1. The first-order chi connectivity index (χ1) is 16.1. The molecule has 2 heterocycles. The van der Waals surface area contributed by atoms with Crippen LogP contribution < -0.4 is 15.0 Å². The van der Waals surface area contributed by atoms with Crippen LogP contribution in [0.5, 0.6) is 11.5 Å². The fourth-order valence-electron chi connectivity index (χ4n) is 3.00. The van der Waals surface area contributed by atoms with Gasteiger partial charge >= 0.3 is 0 Å². The smallest absolute Gasteiger partial charge is 0.270 e. The molecular weight excluding hydrogens is 510 g/mol. The molecule has 0 spiro atoms. The Bertz CT molecular complexity index is 1280. The Labute approximate surface area is 216 Å². The molecule has 10 heteroatoms. The number of ether oxygens (including phenoxy) is 1. The number of thiazole rings is 1. The summed E-state index contributed by atoms with van der Waals surface area (Å²) in [6.07, 6.45) is 1.46. The van der Waals surface area contributed by atoms with Gasteiger partial charge in [-0.25, -0.2) is 4.98 Å². The third-order valence-electron chi connectivity index (χ3n) is 4.43. The zero-order valence-corrected chi connectivity index (χ0v) is 21.7. The molecule has 1 aliphatic rings. The SMILES string of the molecule is CC(C)(C)Sc1nc(Cl)c(C=C2C(=O)NC(=S)N(c3ccc(Oc4ccccc4)cc3)C2=O)s1. The van der Waals surface area contributed by atoms with E-state index in [-0.39, 0.29) is 20.6 Å². The van der Waals surface area contributed by atoms with Gasteiger partial charge in [0.15, 0.2) is 9.45 Å². The Morgan fingerprint density at radius 3 is 2.38 bits per heavy atom. The molecule has 174 valence electrons. The molecule has 2 amide bonds. The highest BCUT2D eigenvalue weighted by Crippen LogP contribution is 2.38. The molecule has 0 atom stereocenters. The highest BCUT2D eigenvalue weighted by atomic mass is 35.5. The van der Waals surface area contributed by atoms with Gasteiger partial charge in [0.25, 0.3) is 11.8 Å². The largest absolute Gasteiger partial charge is 0.457 e. The van der Waals surface area contributed by atoms with Crippen molar-refractivity contribution in [3.63, 3.8) is 0 Å². The number of thioether (sulfide) groups is 1. The number of aromatic nitrogens is 1. The lowest BCUT2D eigenvalue weighted by Crippen LogP contribution is -2.54. The number of hydrogen-bond donors (Lipinski definition) is 1. The number of rotatable bonds is 5. The molecule has 1 aliphatic heterocycles.